The number of carbonyl (C=O) groups excluding carboxylic acids is 1. The lowest BCUT2D eigenvalue weighted by atomic mass is 10.2. The van der Waals surface area contributed by atoms with E-state index in [9.17, 15) is 4.79 Å². The fraction of sp³-hybridized carbons (Fsp3) is 0.900. The molecule has 0 bridgehead atoms. The molecule has 0 aliphatic heterocycles. The van der Waals surface area contributed by atoms with E-state index in [0.717, 1.165) is 12.8 Å². The highest BCUT2D eigenvalue weighted by Crippen LogP contribution is 1.99. The first-order valence-electron chi connectivity index (χ1n) is 5.07. The van der Waals surface area contributed by atoms with Gasteiger partial charge in [0.15, 0.2) is 0 Å². The number of carbonyl (C=O) groups is 1. The maximum absolute atomic E-state index is 11.3. The molecule has 4 heteroatoms. The fourth-order valence-corrected chi connectivity index (χ4v) is 1.29. The van der Waals surface area contributed by atoms with Gasteiger partial charge in [-0.1, -0.05) is 6.92 Å². The van der Waals surface area contributed by atoms with Crippen molar-refractivity contribution in [3.8, 4) is 0 Å². The Hall–Kier alpha value is -0.280. The van der Waals surface area contributed by atoms with E-state index in [-0.39, 0.29) is 24.7 Å². The maximum Gasteiger partial charge on any atom is 0.246 e. The first kappa shape index (κ1) is 13.7. The van der Waals surface area contributed by atoms with Gasteiger partial charge in [0, 0.05) is 11.9 Å². The standard InChI is InChI=1S/C10H20ClNO2/c1-4-9(5-6-11)12-10(13)7-14-8(2)3/h8-9H,4-7H2,1-3H3,(H,12,13). The predicted octanol–water partition coefficient (Wildman–Crippen LogP) is 1.94. The lowest BCUT2D eigenvalue weighted by Gasteiger charge is -2.16. The average molecular weight is 222 g/mol. The van der Waals surface area contributed by atoms with Crippen LogP contribution in [0.1, 0.15) is 33.6 Å². The minimum absolute atomic E-state index is 0.0596. The number of alkyl halides is 1. The molecule has 14 heavy (non-hydrogen) atoms. The second kappa shape index (κ2) is 8.06. The van der Waals surface area contributed by atoms with Crippen LogP contribution >= 0.6 is 11.6 Å². The van der Waals surface area contributed by atoms with E-state index in [0.29, 0.717) is 5.88 Å². The third kappa shape index (κ3) is 7.15. The molecule has 0 saturated carbocycles. The van der Waals surface area contributed by atoms with E-state index in [1.807, 2.05) is 20.8 Å². The van der Waals surface area contributed by atoms with Crippen LogP contribution in [0, 0.1) is 0 Å². The first-order valence-corrected chi connectivity index (χ1v) is 5.60. The number of nitrogens with one attached hydrogen (secondary N) is 1. The lowest BCUT2D eigenvalue weighted by molar-refractivity contribution is -0.127. The van der Waals surface area contributed by atoms with Crippen molar-refractivity contribution in [2.45, 2.75) is 45.8 Å². The Kier molecular flexibility index (Phi) is 7.90. The fourth-order valence-electron chi connectivity index (χ4n) is 1.02. The summed E-state index contributed by atoms with van der Waals surface area (Å²) in [7, 11) is 0. The molecule has 0 aromatic rings. The summed E-state index contributed by atoms with van der Waals surface area (Å²) >= 11 is 5.60. The minimum Gasteiger partial charge on any atom is -0.369 e. The summed E-state index contributed by atoms with van der Waals surface area (Å²) in [5.41, 5.74) is 0. The molecular weight excluding hydrogens is 202 g/mol. The summed E-state index contributed by atoms with van der Waals surface area (Å²) in [4.78, 5) is 11.3. The Morgan fingerprint density at radius 2 is 2.14 bits per heavy atom. The summed E-state index contributed by atoms with van der Waals surface area (Å²) < 4.78 is 5.18. The zero-order chi connectivity index (χ0) is 11.0. The third-order valence-corrected chi connectivity index (χ3v) is 2.08. The number of amides is 1. The molecule has 3 nitrogen and oxygen atoms in total. The molecule has 0 radical (unpaired) electrons. The zero-order valence-electron chi connectivity index (χ0n) is 9.18. The molecule has 0 aromatic heterocycles. The molecule has 0 saturated heterocycles. The number of hydrogen-bond donors (Lipinski definition) is 1. The topological polar surface area (TPSA) is 38.3 Å². The molecular formula is C10H20ClNO2. The highest BCUT2D eigenvalue weighted by atomic mass is 35.5. The van der Waals surface area contributed by atoms with Gasteiger partial charge in [0.05, 0.1) is 6.10 Å². The minimum atomic E-state index is -0.0596. The number of rotatable bonds is 7. The van der Waals surface area contributed by atoms with Crippen molar-refractivity contribution in [1.82, 2.24) is 5.32 Å². The van der Waals surface area contributed by atoms with Crippen LogP contribution in [0.4, 0.5) is 0 Å². The molecule has 1 N–H and O–H groups in total. The van der Waals surface area contributed by atoms with E-state index in [1.54, 1.807) is 0 Å². The van der Waals surface area contributed by atoms with Crippen molar-refractivity contribution >= 4 is 17.5 Å². The van der Waals surface area contributed by atoms with Gasteiger partial charge in [0.2, 0.25) is 5.91 Å². The largest absolute Gasteiger partial charge is 0.369 e. The van der Waals surface area contributed by atoms with Gasteiger partial charge in [0.1, 0.15) is 6.61 Å². The van der Waals surface area contributed by atoms with Crippen LogP contribution in [0.15, 0.2) is 0 Å². The summed E-state index contributed by atoms with van der Waals surface area (Å²) in [5, 5.41) is 2.87. The summed E-state index contributed by atoms with van der Waals surface area (Å²) in [6.07, 6.45) is 1.81. The van der Waals surface area contributed by atoms with E-state index in [2.05, 4.69) is 5.32 Å². The van der Waals surface area contributed by atoms with Crippen LogP contribution in [-0.2, 0) is 9.53 Å². The molecule has 1 unspecified atom stereocenters. The van der Waals surface area contributed by atoms with Crippen LogP contribution in [0.3, 0.4) is 0 Å². The van der Waals surface area contributed by atoms with Gasteiger partial charge in [-0.25, -0.2) is 0 Å². The van der Waals surface area contributed by atoms with Crippen molar-refractivity contribution in [3.05, 3.63) is 0 Å². The van der Waals surface area contributed by atoms with Crippen molar-refractivity contribution in [1.29, 1.82) is 0 Å². The highest BCUT2D eigenvalue weighted by Gasteiger charge is 2.09. The average Bonchev–Trinajstić information content (AvgIpc) is 2.14. The van der Waals surface area contributed by atoms with Gasteiger partial charge in [-0.05, 0) is 26.7 Å². The molecule has 1 atom stereocenters. The normalized spacial score (nSPS) is 12.9. The monoisotopic (exact) mass is 221 g/mol. The van der Waals surface area contributed by atoms with Crippen LogP contribution < -0.4 is 5.32 Å². The predicted molar refractivity (Wildman–Crippen MR) is 58.6 cm³/mol. The molecule has 0 spiro atoms. The Labute approximate surface area is 91.2 Å². The third-order valence-electron chi connectivity index (χ3n) is 1.86. The van der Waals surface area contributed by atoms with Crippen LogP contribution in [-0.4, -0.2) is 30.5 Å². The van der Waals surface area contributed by atoms with Gasteiger partial charge >= 0.3 is 0 Å². The molecule has 0 heterocycles. The smallest absolute Gasteiger partial charge is 0.246 e. The zero-order valence-corrected chi connectivity index (χ0v) is 9.93. The second-order valence-electron chi connectivity index (χ2n) is 3.51. The molecule has 84 valence electrons. The molecule has 1 amide bonds. The van der Waals surface area contributed by atoms with Gasteiger partial charge < -0.3 is 10.1 Å². The van der Waals surface area contributed by atoms with Crippen molar-refractivity contribution in [2.75, 3.05) is 12.5 Å². The first-order chi connectivity index (χ1) is 6.60. The quantitative estimate of drug-likeness (QED) is 0.668. The summed E-state index contributed by atoms with van der Waals surface area (Å²) in [5.74, 6) is 0.514. The van der Waals surface area contributed by atoms with Gasteiger partial charge in [-0.3, -0.25) is 4.79 Å². The number of hydrogen-bond acceptors (Lipinski definition) is 2. The number of ether oxygens (including phenoxy) is 1. The van der Waals surface area contributed by atoms with Crippen LogP contribution in [0.2, 0.25) is 0 Å². The number of halogens is 1. The van der Waals surface area contributed by atoms with Crippen LogP contribution in [0.5, 0.6) is 0 Å². The van der Waals surface area contributed by atoms with Gasteiger partial charge in [0.25, 0.3) is 0 Å². The van der Waals surface area contributed by atoms with E-state index in [1.165, 1.54) is 0 Å². The van der Waals surface area contributed by atoms with Gasteiger partial charge in [-0.15, -0.1) is 11.6 Å². The maximum atomic E-state index is 11.3. The lowest BCUT2D eigenvalue weighted by Crippen LogP contribution is -2.37. The highest BCUT2D eigenvalue weighted by molar-refractivity contribution is 6.17. The van der Waals surface area contributed by atoms with Gasteiger partial charge in [-0.2, -0.15) is 0 Å². The van der Waals surface area contributed by atoms with E-state index < -0.39 is 0 Å². The van der Waals surface area contributed by atoms with Crippen molar-refractivity contribution in [3.63, 3.8) is 0 Å². The van der Waals surface area contributed by atoms with Crippen LogP contribution in [0.25, 0.3) is 0 Å². The summed E-state index contributed by atoms with van der Waals surface area (Å²) in [6, 6.07) is 0.177. The van der Waals surface area contributed by atoms with E-state index in [4.69, 9.17) is 16.3 Å². The Balaban J connectivity index is 3.67. The molecule has 0 aromatic carbocycles. The second-order valence-corrected chi connectivity index (χ2v) is 3.89. The molecule has 0 aliphatic rings. The molecule has 0 aliphatic carbocycles. The Morgan fingerprint density at radius 1 is 1.50 bits per heavy atom. The Morgan fingerprint density at radius 3 is 2.57 bits per heavy atom. The van der Waals surface area contributed by atoms with Crippen molar-refractivity contribution in [2.24, 2.45) is 0 Å². The Bertz CT molecular complexity index is 162. The molecule has 0 rings (SSSR count). The van der Waals surface area contributed by atoms with Crippen molar-refractivity contribution < 1.29 is 9.53 Å². The SMILES string of the molecule is CCC(CCCl)NC(=O)COC(C)C. The van der Waals surface area contributed by atoms with E-state index >= 15 is 0 Å². The summed E-state index contributed by atoms with van der Waals surface area (Å²) in [6.45, 7) is 5.98. The molecule has 0 fully saturated rings.